The van der Waals surface area contributed by atoms with E-state index in [1.165, 1.54) is 6.07 Å². The molecule has 2 amide bonds. The largest absolute Gasteiger partial charge is 0.481 e. The van der Waals surface area contributed by atoms with Gasteiger partial charge in [-0.15, -0.1) is 0 Å². The molecule has 0 saturated heterocycles. The van der Waals surface area contributed by atoms with Crippen LogP contribution in [-0.2, 0) is 4.79 Å². The molecular weight excluding hydrogens is 246 g/mol. The van der Waals surface area contributed by atoms with Crippen LogP contribution in [0, 0.1) is 11.6 Å². The third-order valence-corrected chi connectivity index (χ3v) is 2.03. The van der Waals surface area contributed by atoms with Crippen molar-refractivity contribution in [3.63, 3.8) is 0 Å². The topological polar surface area (TPSA) is 78.4 Å². The Morgan fingerprint density at radius 1 is 1.22 bits per heavy atom. The fraction of sp³-hybridized carbons (Fsp3) is 0.273. The lowest BCUT2D eigenvalue weighted by atomic mass is 10.3. The van der Waals surface area contributed by atoms with Gasteiger partial charge in [-0.05, 0) is 18.6 Å². The number of anilines is 1. The molecule has 0 aliphatic heterocycles. The molecule has 7 heteroatoms. The number of benzene rings is 1. The third kappa shape index (κ3) is 4.77. The van der Waals surface area contributed by atoms with Gasteiger partial charge in [-0.1, -0.05) is 0 Å². The molecule has 0 aliphatic carbocycles. The lowest BCUT2D eigenvalue weighted by molar-refractivity contribution is -0.137. The molecular formula is C11H12F2N2O3. The van der Waals surface area contributed by atoms with E-state index in [1.54, 1.807) is 0 Å². The number of hydrogen-bond acceptors (Lipinski definition) is 2. The van der Waals surface area contributed by atoms with Gasteiger partial charge in [0.05, 0.1) is 0 Å². The summed E-state index contributed by atoms with van der Waals surface area (Å²) in [7, 11) is 0. The van der Waals surface area contributed by atoms with Gasteiger partial charge in [-0.25, -0.2) is 13.6 Å². The summed E-state index contributed by atoms with van der Waals surface area (Å²) in [5.41, 5.74) is 0.115. The summed E-state index contributed by atoms with van der Waals surface area (Å²) in [4.78, 5) is 21.5. The van der Waals surface area contributed by atoms with Gasteiger partial charge in [-0.3, -0.25) is 4.79 Å². The van der Waals surface area contributed by atoms with E-state index in [0.29, 0.717) is 6.42 Å². The van der Waals surface area contributed by atoms with Crippen LogP contribution in [0.4, 0.5) is 19.3 Å². The smallest absolute Gasteiger partial charge is 0.319 e. The number of carbonyl (C=O) groups is 2. The minimum atomic E-state index is -1.06. The average Bonchev–Trinajstić information content (AvgIpc) is 2.29. The molecule has 98 valence electrons. The number of carboxylic acid groups (broad SMARTS) is 1. The number of amides is 2. The summed E-state index contributed by atoms with van der Waals surface area (Å²) in [6, 6.07) is 2.36. The maximum absolute atomic E-state index is 12.8. The zero-order valence-electron chi connectivity index (χ0n) is 9.37. The number of halogens is 2. The molecule has 1 aromatic carbocycles. The van der Waals surface area contributed by atoms with Crippen LogP contribution in [0.3, 0.4) is 0 Å². The van der Waals surface area contributed by atoms with E-state index in [4.69, 9.17) is 5.11 Å². The first-order valence-electron chi connectivity index (χ1n) is 5.20. The van der Waals surface area contributed by atoms with E-state index in [-0.39, 0.29) is 18.7 Å². The Kier molecular flexibility index (Phi) is 5.04. The van der Waals surface area contributed by atoms with Crippen molar-refractivity contribution in [1.82, 2.24) is 5.32 Å². The highest BCUT2D eigenvalue weighted by Gasteiger charge is 2.05. The van der Waals surface area contributed by atoms with E-state index in [0.717, 1.165) is 12.1 Å². The number of hydrogen-bond donors (Lipinski definition) is 3. The van der Waals surface area contributed by atoms with Crippen molar-refractivity contribution in [3.8, 4) is 0 Å². The molecule has 0 heterocycles. The summed E-state index contributed by atoms with van der Waals surface area (Å²) in [6.07, 6.45) is 0.242. The highest BCUT2D eigenvalue weighted by atomic mass is 19.2. The third-order valence-electron chi connectivity index (χ3n) is 2.03. The molecule has 18 heavy (non-hydrogen) atoms. The molecule has 5 nitrogen and oxygen atoms in total. The Bertz CT molecular complexity index is 452. The molecule has 0 aromatic heterocycles. The predicted octanol–water partition coefficient (Wildman–Crippen LogP) is 1.95. The molecule has 0 aliphatic rings. The summed E-state index contributed by atoms with van der Waals surface area (Å²) in [5, 5.41) is 13.0. The van der Waals surface area contributed by atoms with Crippen molar-refractivity contribution >= 4 is 17.7 Å². The first-order chi connectivity index (χ1) is 8.49. The average molecular weight is 258 g/mol. The van der Waals surface area contributed by atoms with Crippen LogP contribution in [0.5, 0.6) is 0 Å². The zero-order valence-corrected chi connectivity index (χ0v) is 9.37. The highest BCUT2D eigenvalue weighted by Crippen LogP contribution is 2.12. The van der Waals surface area contributed by atoms with Gasteiger partial charge in [0.25, 0.3) is 0 Å². The molecule has 1 aromatic rings. The van der Waals surface area contributed by atoms with Crippen LogP contribution in [0.2, 0.25) is 0 Å². The predicted molar refractivity (Wildman–Crippen MR) is 60.2 cm³/mol. The Labute approximate surface area is 102 Å². The lowest BCUT2D eigenvalue weighted by Crippen LogP contribution is -2.29. The quantitative estimate of drug-likeness (QED) is 0.706. The fourth-order valence-corrected chi connectivity index (χ4v) is 1.19. The van der Waals surface area contributed by atoms with Gasteiger partial charge >= 0.3 is 12.0 Å². The molecule has 0 fully saturated rings. The molecule has 1 rings (SSSR count). The van der Waals surface area contributed by atoms with Gasteiger partial charge in [-0.2, -0.15) is 0 Å². The van der Waals surface area contributed by atoms with Crippen molar-refractivity contribution in [1.29, 1.82) is 0 Å². The number of urea groups is 1. The maximum Gasteiger partial charge on any atom is 0.319 e. The van der Waals surface area contributed by atoms with Crippen LogP contribution >= 0.6 is 0 Å². The minimum absolute atomic E-state index is 0.0501. The number of nitrogens with one attached hydrogen (secondary N) is 2. The van der Waals surface area contributed by atoms with Crippen molar-refractivity contribution in [2.45, 2.75) is 12.8 Å². The lowest BCUT2D eigenvalue weighted by Gasteiger charge is -2.07. The molecule has 0 radical (unpaired) electrons. The number of rotatable bonds is 5. The van der Waals surface area contributed by atoms with Gasteiger partial charge in [0.1, 0.15) is 0 Å². The van der Waals surface area contributed by atoms with Gasteiger partial charge < -0.3 is 15.7 Å². The number of carbonyl (C=O) groups excluding carboxylic acids is 1. The molecule has 0 atom stereocenters. The van der Waals surface area contributed by atoms with Crippen molar-refractivity contribution in [3.05, 3.63) is 29.8 Å². The Balaban J connectivity index is 2.35. The summed E-state index contributed by atoms with van der Waals surface area (Å²) >= 11 is 0. The van der Waals surface area contributed by atoms with E-state index < -0.39 is 23.6 Å². The summed E-state index contributed by atoms with van der Waals surface area (Å²) < 4.78 is 25.4. The minimum Gasteiger partial charge on any atom is -0.481 e. The van der Waals surface area contributed by atoms with E-state index in [9.17, 15) is 18.4 Å². The summed E-state index contributed by atoms with van der Waals surface area (Å²) in [5.74, 6) is -3.00. The van der Waals surface area contributed by atoms with E-state index >= 15 is 0 Å². The van der Waals surface area contributed by atoms with E-state index in [1.807, 2.05) is 0 Å². The van der Waals surface area contributed by atoms with Gasteiger partial charge in [0, 0.05) is 24.7 Å². The first kappa shape index (κ1) is 13.9. The second kappa shape index (κ2) is 6.53. The van der Waals surface area contributed by atoms with Gasteiger partial charge in [0.15, 0.2) is 11.6 Å². The van der Waals surface area contributed by atoms with Crippen LogP contribution in [0.1, 0.15) is 12.8 Å². The molecule has 0 unspecified atom stereocenters. The fourth-order valence-electron chi connectivity index (χ4n) is 1.19. The maximum atomic E-state index is 12.8. The van der Waals surface area contributed by atoms with Gasteiger partial charge in [0.2, 0.25) is 0 Å². The van der Waals surface area contributed by atoms with Crippen LogP contribution in [-0.4, -0.2) is 23.7 Å². The molecule has 0 saturated carbocycles. The Hall–Kier alpha value is -2.18. The van der Waals surface area contributed by atoms with E-state index in [2.05, 4.69) is 10.6 Å². The SMILES string of the molecule is O=C(O)CCCNC(=O)Nc1ccc(F)c(F)c1. The zero-order chi connectivity index (χ0) is 13.5. The van der Waals surface area contributed by atoms with Crippen LogP contribution in [0.15, 0.2) is 18.2 Å². The highest BCUT2D eigenvalue weighted by molar-refractivity contribution is 5.89. The first-order valence-corrected chi connectivity index (χ1v) is 5.20. The molecule has 0 bridgehead atoms. The van der Waals surface area contributed by atoms with Crippen molar-refractivity contribution in [2.24, 2.45) is 0 Å². The second-order valence-electron chi connectivity index (χ2n) is 3.51. The monoisotopic (exact) mass is 258 g/mol. The standard InChI is InChI=1S/C11H12F2N2O3/c12-8-4-3-7(6-9(8)13)15-11(18)14-5-1-2-10(16)17/h3-4,6H,1-2,5H2,(H,16,17)(H2,14,15,18). The van der Waals surface area contributed by atoms with Crippen LogP contribution in [0.25, 0.3) is 0 Å². The normalized spacial score (nSPS) is 9.89. The molecule has 3 N–H and O–H groups in total. The number of carboxylic acids is 1. The van der Waals surface area contributed by atoms with Crippen LogP contribution < -0.4 is 10.6 Å². The summed E-state index contributed by atoms with van der Waals surface area (Å²) in [6.45, 7) is 0.182. The Morgan fingerprint density at radius 3 is 2.56 bits per heavy atom. The Morgan fingerprint density at radius 2 is 1.94 bits per heavy atom. The second-order valence-corrected chi connectivity index (χ2v) is 3.51. The van der Waals surface area contributed by atoms with Crippen molar-refractivity contribution < 1.29 is 23.5 Å². The number of aliphatic carboxylic acids is 1. The van der Waals surface area contributed by atoms with Crippen molar-refractivity contribution in [2.75, 3.05) is 11.9 Å². The molecule has 0 spiro atoms.